The highest BCUT2D eigenvalue weighted by atomic mass is 19.4. The topological polar surface area (TPSA) is 112 Å². The van der Waals surface area contributed by atoms with Crippen molar-refractivity contribution < 1.29 is 60.6 Å². The molecule has 0 radical (unpaired) electrons. The van der Waals surface area contributed by atoms with Crippen LogP contribution in [-0.2, 0) is 48.8 Å². The van der Waals surface area contributed by atoms with Crippen LogP contribution in [0.5, 0.6) is 0 Å². The molecule has 0 bridgehead atoms. The summed E-state index contributed by atoms with van der Waals surface area (Å²) in [7, 11) is 0. The molecule has 0 fully saturated rings. The van der Waals surface area contributed by atoms with Crippen LogP contribution in [-0.4, -0.2) is 118 Å². The molecule has 0 aliphatic heterocycles. The average molecular weight is 802 g/mol. The highest BCUT2D eigenvalue weighted by Gasteiger charge is 2.30. The molecule has 0 aliphatic carbocycles. The van der Waals surface area contributed by atoms with E-state index in [1.165, 1.54) is 76.0 Å². The molecule has 0 aliphatic rings. The maximum absolute atomic E-state index is 13.1. The van der Waals surface area contributed by atoms with Crippen molar-refractivity contribution in [2.24, 2.45) is 0 Å². The molecule has 0 unspecified atom stereocenters. The Labute approximate surface area is 332 Å². The van der Waals surface area contributed by atoms with E-state index in [1.54, 1.807) is 18.2 Å². The second-order valence-corrected chi connectivity index (χ2v) is 13.0. The summed E-state index contributed by atoms with van der Waals surface area (Å²) < 4.78 is 88.5. The van der Waals surface area contributed by atoms with Crippen LogP contribution in [0, 0.1) is 0 Å². The molecule has 11 nitrogen and oxygen atoms in total. The van der Waals surface area contributed by atoms with Gasteiger partial charge in [0.1, 0.15) is 6.61 Å². The van der Waals surface area contributed by atoms with Crippen LogP contribution in [0.3, 0.4) is 0 Å². The molecule has 2 aromatic rings. The number of alkyl halides is 3. The summed E-state index contributed by atoms with van der Waals surface area (Å²) >= 11 is 0. The quantitative estimate of drug-likeness (QED) is 0.0520. The Bertz CT molecular complexity index is 1220. The fraction of sp³-hybridized carbons (Fsp3) is 0.690. The summed E-state index contributed by atoms with van der Waals surface area (Å²) in [6.07, 6.45) is 8.78. The Morgan fingerprint density at radius 3 is 1.38 bits per heavy atom. The molecule has 0 amide bonds. The number of nitrogens with one attached hydrogen (secondary N) is 1. The van der Waals surface area contributed by atoms with E-state index >= 15 is 0 Å². The van der Waals surface area contributed by atoms with Crippen LogP contribution in [0.15, 0.2) is 48.5 Å². The van der Waals surface area contributed by atoms with Crippen LogP contribution < -0.4 is 5.32 Å². The summed E-state index contributed by atoms with van der Waals surface area (Å²) in [5, 5.41) is 2.86. The number of unbranched alkanes of at least 4 members (excludes halogenated alkanes) is 9. The molecule has 2 aromatic carbocycles. The summed E-state index contributed by atoms with van der Waals surface area (Å²) in [5.41, 5.74) is -0.0728. The second kappa shape index (κ2) is 34.2. The Kier molecular flexibility index (Phi) is 30.2. The van der Waals surface area contributed by atoms with E-state index in [0.29, 0.717) is 98.2 Å². The van der Waals surface area contributed by atoms with Crippen molar-refractivity contribution >= 4 is 17.3 Å². The third-order valence-electron chi connectivity index (χ3n) is 8.32. The van der Waals surface area contributed by atoms with Crippen LogP contribution in [0.1, 0.15) is 87.1 Å². The van der Waals surface area contributed by atoms with Gasteiger partial charge in [0.25, 0.3) is 0 Å². The minimum atomic E-state index is -4.47. The molecule has 1 N–H and O–H groups in total. The number of carbonyl (C=O) groups is 1. The van der Waals surface area contributed by atoms with Crippen LogP contribution >= 0.6 is 0 Å². The van der Waals surface area contributed by atoms with Gasteiger partial charge in [0, 0.05) is 12.3 Å². The highest BCUT2D eigenvalue weighted by molar-refractivity contribution is 5.96. The zero-order valence-corrected chi connectivity index (χ0v) is 33.4. The van der Waals surface area contributed by atoms with Gasteiger partial charge in [-0.25, -0.2) is 4.79 Å². The first-order chi connectivity index (χ1) is 27.4. The number of hydrogen-bond acceptors (Lipinski definition) is 11. The van der Waals surface area contributed by atoms with Gasteiger partial charge >= 0.3 is 12.1 Å². The molecule has 0 atom stereocenters. The number of para-hydroxylation sites is 1. The first-order valence-electron chi connectivity index (χ1n) is 20.2. The summed E-state index contributed by atoms with van der Waals surface area (Å²) in [6, 6.07) is 11.2. The normalized spacial score (nSPS) is 11.6. The van der Waals surface area contributed by atoms with E-state index in [9.17, 15) is 18.0 Å². The molecular formula is C42H66F3NO10. The smallest absolute Gasteiger partial charge is 0.416 e. The first-order valence-corrected chi connectivity index (χ1v) is 20.2. The van der Waals surface area contributed by atoms with E-state index < -0.39 is 17.7 Å². The zero-order valence-electron chi connectivity index (χ0n) is 33.4. The molecule has 0 heterocycles. The summed E-state index contributed by atoms with van der Waals surface area (Å²) in [5.74, 6) is -0.623. The predicted octanol–water partition coefficient (Wildman–Crippen LogP) is 8.66. The third-order valence-corrected chi connectivity index (χ3v) is 8.32. The number of anilines is 2. The minimum absolute atomic E-state index is 0.00416. The molecule has 0 spiro atoms. The van der Waals surface area contributed by atoms with E-state index in [0.717, 1.165) is 25.2 Å². The van der Waals surface area contributed by atoms with E-state index in [4.69, 9.17) is 42.6 Å². The van der Waals surface area contributed by atoms with E-state index in [1.807, 2.05) is 0 Å². The molecule has 0 saturated carbocycles. The van der Waals surface area contributed by atoms with E-state index in [-0.39, 0.29) is 24.5 Å². The minimum Gasteiger partial charge on any atom is -0.460 e. The molecule has 0 aromatic heterocycles. The van der Waals surface area contributed by atoms with Crippen LogP contribution in [0.25, 0.3) is 0 Å². The van der Waals surface area contributed by atoms with Gasteiger partial charge in [-0.1, -0.05) is 82.9 Å². The van der Waals surface area contributed by atoms with Gasteiger partial charge in [0.15, 0.2) is 0 Å². The molecule has 2 rings (SSSR count). The number of benzene rings is 2. The van der Waals surface area contributed by atoms with Gasteiger partial charge in [-0.15, -0.1) is 0 Å². The number of rotatable bonds is 38. The standard InChI is InChI=1S/C42H66F3NO10/c1-2-3-4-5-6-7-8-9-10-13-19-48-20-21-49-22-23-50-24-25-51-26-27-52-28-29-53-30-31-54-32-33-55-34-35-56-41(47)39-17-11-12-18-40(39)46-38-16-14-15-37(36-38)42(43,44)45/h11-12,14-18,36,46H,2-10,13,19-35H2,1H3. The number of hydrogen-bond donors (Lipinski definition) is 1. The fourth-order valence-corrected chi connectivity index (χ4v) is 5.30. The Morgan fingerprint density at radius 2 is 0.911 bits per heavy atom. The van der Waals surface area contributed by atoms with Crippen molar-refractivity contribution in [2.75, 3.05) is 118 Å². The summed E-state index contributed by atoms with van der Waals surface area (Å²) in [6.45, 7) is 9.83. The highest BCUT2D eigenvalue weighted by Crippen LogP contribution is 2.32. The van der Waals surface area contributed by atoms with Crippen LogP contribution in [0.4, 0.5) is 24.5 Å². The number of carbonyl (C=O) groups excluding carboxylic acids is 1. The second-order valence-electron chi connectivity index (χ2n) is 13.0. The van der Waals surface area contributed by atoms with Crippen molar-refractivity contribution in [1.29, 1.82) is 0 Å². The number of esters is 1. The van der Waals surface area contributed by atoms with Gasteiger partial charge in [-0.05, 0) is 36.8 Å². The largest absolute Gasteiger partial charge is 0.460 e. The molecule has 320 valence electrons. The van der Waals surface area contributed by atoms with Crippen molar-refractivity contribution in [1.82, 2.24) is 0 Å². The monoisotopic (exact) mass is 801 g/mol. The molecular weight excluding hydrogens is 735 g/mol. The first kappa shape index (κ1) is 49.3. The fourth-order valence-electron chi connectivity index (χ4n) is 5.30. The maximum atomic E-state index is 13.1. The lowest BCUT2D eigenvalue weighted by molar-refractivity contribution is -0.137. The lowest BCUT2D eigenvalue weighted by atomic mass is 10.1. The predicted molar refractivity (Wildman–Crippen MR) is 210 cm³/mol. The van der Waals surface area contributed by atoms with E-state index in [2.05, 4.69) is 12.2 Å². The lowest BCUT2D eigenvalue weighted by Gasteiger charge is -2.13. The number of halogens is 3. The molecule has 0 saturated heterocycles. The SMILES string of the molecule is CCCCCCCCCCCCOCCOCCOCCOCCOCCOCCOCCOCCOC(=O)c1ccccc1Nc1cccc(C(F)(F)F)c1. The molecule has 14 heteroatoms. The molecule has 56 heavy (non-hydrogen) atoms. The van der Waals surface area contributed by atoms with Crippen molar-refractivity contribution in [3.8, 4) is 0 Å². The Balaban J connectivity index is 1.27. The Hall–Kier alpha value is -2.82. The third kappa shape index (κ3) is 26.9. The van der Waals surface area contributed by atoms with Crippen molar-refractivity contribution in [3.63, 3.8) is 0 Å². The zero-order chi connectivity index (χ0) is 40.2. The maximum Gasteiger partial charge on any atom is 0.416 e. The van der Waals surface area contributed by atoms with Crippen molar-refractivity contribution in [3.05, 3.63) is 59.7 Å². The van der Waals surface area contributed by atoms with Gasteiger partial charge in [0.2, 0.25) is 0 Å². The van der Waals surface area contributed by atoms with Crippen molar-refractivity contribution in [2.45, 2.75) is 77.3 Å². The average Bonchev–Trinajstić information content (AvgIpc) is 3.19. The summed E-state index contributed by atoms with van der Waals surface area (Å²) in [4.78, 5) is 12.6. The number of ether oxygens (including phenoxy) is 9. The van der Waals surface area contributed by atoms with Gasteiger partial charge in [0.05, 0.1) is 116 Å². The van der Waals surface area contributed by atoms with Gasteiger partial charge < -0.3 is 47.9 Å². The lowest BCUT2D eigenvalue weighted by Crippen LogP contribution is -2.16. The van der Waals surface area contributed by atoms with Crippen LogP contribution in [0.2, 0.25) is 0 Å². The Morgan fingerprint density at radius 1 is 0.500 bits per heavy atom. The van der Waals surface area contributed by atoms with Gasteiger partial charge in [-0.2, -0.15) is 13.2 Å². The van der Waals surface area contributed by atoms with Gasteiger partial charge in [-0.3, -0.25) is 0 Å².